The lowest BCUT2D eigenvalue weighted by atomic mass is 10.1. The molecule has 0 saturated heterocycles. The van der Waals surface area contributed by atoms with Crippen LogP contribution in [0.4, 0.5) is 0 Å². The van der Waals surface area contributed by atoms with E-state index >= 15 is 0 Å². The van der Waals surface area contributed by atoms with Gasteiger partial charge in [0.15, 0.2) is 11.5 Å². The van der Waals surface area contributed by atoms with E-state index in [0.717, 1.165) is 17.1 Å². The van der Waals surface area contributed by atoms with Gasteiger partial charge in [-0.15, -0.1) is 0 Å². The number of nitrogens with zero attached hydrogens (tertiary/aromatic N) is 1. The van der Waals surface area contributed by atoms with E-state index in [1.807, 2.05) is 60.7 Å². The summed E-state index contributed by atoms with van der Waals surface area (Å²) >= 11 is 0. The number of rotatable bonds is 11. The molecule has 0 spiro atoms. The van der Waals surface area contributed by atoms with Gasteiger partial charge in [0, 0.05) is 13.1 Å². The van der Waals surface area contributed by atoms with Crippen LogP contribution in [0.2, 0.25) is 0 Å². The first-order chi connectivity index (χ1) is 14.2. The van der Waals surface area contributed by atoms with Crippen molar-refractivity contribution >= 4 is 0 Å². The van der Waals surface area contributed by atoms with Crippen LogP contribution in [0.3, 0.4) is 0 Å². The smallest absolute Gasteiger partial charge is 0.161 e. The van der Waals surface area contributed by atoms with Crippen molar-refractivity contribution in [3.63, 3.8) is 0 Å². The predicted molar refractivity (Wildman–Crippen MR) is 110 cm³/mol. The molecule has 6 heteroatoms. The number of benzene rings is 2. The van der Waals surface area contributed by atoms with Crippen molar-refractivity contribution in [1.29, 1.82) is 0 Å². The van der Waals surface area contributed by atoms with E-state index in [1.165, 1.54) is 0 Å². The van der Waals surface area contributed by atoms with Gasteiger partial charge in [-0.2, -0.15) is 0 Å². The van der Waals surface area contributed by atoms with Gasteiger partial charge in [-0.05, 0) is 42.0 Å². The van der Waals surface area contributed by atoms with E-state index in [9.17, 15) is 5.11 Å². The number of methoxy groups -OCH3 is 2. The van der Waals surface area contributed by atoms with Crippen LogP contribution in [0.25, 0.3) is 0 Å². The first-order valence-electron chi connectivity index (χ1n) is 9.49. The maximum atomic E-state index is 10.5. The van der Waals surface area contributed by atoms with Crippen molar-refractivity contribution < 1.29 is 23.7 Å². The van der Waals surface area contributed by atoms with Crippen molar-refractivity contribution in [2.24, 2.45) is 0 Å². The van der Waals surface area contributed by atoms with Crippen LogP contribution in [0.5, 0.6) is 17.2 Å². The van der Waals surface area contributed by atoms with Gasteiger partial charge in [-0.1, -0.05) is 24.3 Å². The molecule has 0 radical (unpaired) electrons. The van der Waals surface area contributed by atoms with E-state index in [-0.39, 0.29) is 6.61 Å². The van der Waals surface area contributed by atoms with E-state index < -0.39 is 6.10 Å². The molecule has 1 heterocycles. The molecule has 0 aliphatic carbocycles. The SMILES string of the molecule is COc1ccc(CN(Cc2ccco2)C[C@H](O)COc2ccccc2)cc1OC. The zero-order valence-electron chi connectivity index (χ0n) is 16.8. The Bertz CT molecular complexity index is 851. The van der Waals surface area contributed by atoms with Crippen molar-refractivity contribution in [3.05, 3.63) is 78.3 Å². The highest BCUT2D eigenvalue weighted by atomic mass is 16.5. The van der Waals surface area contributed by atoms with Crippen molar-refractivity contribution in [2.75, 3.05) is 27.4 Å². The summed E-state index contributed by atoms with van der Waals surface area (Å²) in [6.45, 7) is 1.83. The molecule has 3 rings (SSSR count). The van der Waals surface area contributed by atoms with E-state index in [1.54, 1.807) is 20.5 Å². The highest BCUT2D eigenvalue weighted by Gasteiger charge is 2.16. The van der Waals surface area contributed by atoms with Gasteiger partial charge in [0.25, 0.3) is 0 Å². The number of aliphatic hydroxyl groups is 1. The Hall–Kier alpha value is -2.96. The molecular weight excluding hydrogens is 370 g/mol. The van der Waals surface area contributed by atoms with E-state index in [2.05, 4.69) is 4.90 Å². The third kappa shape index (κ3) is 6.27. The summed E-state index contributed by atoms with van der Waals surface area (Å²) in [7, 11) is 3.23. The van der Waals surface area contributed by atoms with Crippen LogP contribution in [-0.4, -0.2) is 43.5 Å². The normalized spacial score (nSPS) is 12.0. The van der Waals surface area contributed by atoms with Crippen LogP contribution < -0.4 is 14.2 Å². The number of para-hydroxylation sites is 1. The van der Waals surface area contributed by atoms with Gasteiger partial charge < -0.3 is 23.7 Å². The maximum absolute atomic E-state index is 10.5. The molecule has 0 bridgehead atoms. The molecule has 0 aliphatic rings. The summed E-state index contributed by atoms with van der Waals surface area (Å²) in [5, 5.41) is 10.5. The number of aliphatic hydroxyl groups excluding tert-OH is 1. The highest BCUT2D eigenvalue weighted by molar-refractivity contribution is 5.42. The Morgan fingerprint density at radius 3 is 2.41 bits per heavy atom. The molecule has 6 nitrogen and oxygen atoms in total. The van der Waals surface area contributed by atoms with Gasteiger partial charge in [-0.3, -0.25) is 4.90 Å². The maximum Gasteiger partial charge on any atom is 0.161 e. The second kappa shape index (κ2) is 10.5. The minimum atomic E-state index is -0.648. The van der Waals surface area contributed by atoms with Gasteiger partial charge >= 0.3 is 0 Å². The van der Waals surface area contributed by atoms with Crippen LogP contribution in [-0.2, 0) is 13.1 Å². The second-order valence-electron chi connectivity index (χ2n) is 6.72. The van der Waals surface area contributed by atoms with Gasteiger partial charge in [0.05, 0.1) is 27.0 Å². The van der Waals surface area contributed by atoms with E-state index in [4.69, 9.17) is 18.6 Å². The summed E-state index contributed by atoms with van der Waals surface area (Å²) in [6, 6.07) is 19.1. The Morgan fingerprint density at radius 1 is 0.931 bits per heavy atom. The molecule has 154 valence electrons. The van der Waals surface area contributed by atoms with Crippen molar-refractivity contribution in [1.82, 2.24) is 4.90 Å². The molecular formula is C23H27NO5. The Balaban J connectivity index is 1.65. The molecule has 0 unspecified atom stereocenters. The predicted octanol–water partition coefficient (Wildman–Crippen LogP) is 3.74. The summed E-state index contributed by atoms with van der Waals surface area (Å²) < 4.78 is 21.9. The molecule has 0 aliphatic heterocycles. The molecule has 29 heavy (non-hydrogen) atoms. The quantitative estimate of drug-likeness (QED) is 0.532. The molecule has 0 amide bonds. The standard InChI is InChI=1S/C23H27NO5/c1-26-22-11-10-18(13-23(22)27-2)14-24(16-21-9-6-12-28-21)15-19(25)17-29-20-7-4-3-5-8-20/h3-13,19,25H,14-17H2,1-2H3/t19-/m0/s1. The average Bonchev–Trinajstić information content (AvgIpc) is 3.26. The lowest BCUT2D eigenvalue weighted by molar-refractivity contribution is 0.0604. The van der Waals surface area contributed by atoms with Crippen LogP contribution in [0.1, 0.15) is 11.3 Å². The van der Waals surface area contributed by atoms with Gasteiger partial charge in [-0.25, -0.2) is 0 Å². The molecule has 1 aromatic heterocycles. The molecule has 1 atom stereocenters. The van der Waals surface area contributed by atoms with Crippen LogP contribution >= 0.6 is 0 Å². The summed E-state index contributed by atoms with van der Waals surface area (Å²) in [5.74, 6) is 2.94. The fourth-order valence-electron chi connectivity index (χ4n) is 3.11. The van der Waals surface area contributed by atoms with E-state index in [0.29, 0.717) is 31.1 Å². The first kappa shape index (κ1) is 20.8. The molecule has 0 saturated carbocycles. The lowest BCUT2D eigenvalue weighted by Crippen LogP contribution is -2.35. The van der Waals surface area contributed by atoms with Crippen LogP contribution in [0.15, 0.2) is 71.3 Å². The molecule has 1 N–H and O–H groups in total. The number of furan rings is 1. The Labute approximate surface area is 171 Å². The third-order valence-electron chi connectivity index (χ3n) is 4.47. The summed E-state index contributed by atoms with van der Waals surface area (Å²) in [6.07, 6.45) is 1.00. The summed E-state index contributed by atoms with van der Waals surface area (Å²) in [5.41, 5.74) is 1.05. The first-order valence-corrected chi connectivity index (χ1v) is 9.49. The third-order valence-corrected chi connectivity index (χ3v) is 4.47. The topological polar surface area (TPSA) is 64.3 Å². The number of ether oxygens (including phenoxy) is 3. The Kier molecular flexibility index (Phi) is 7.55. The number of hydrogen-bond donors (Lipinski definition) is 1. The lowest BCUT2D eigenvalue weighted by Gasteiger charge is -2.25. The van der Waals surface area contributed by atoms with Gasteiger partial charge in [0.1, 0.15) is 24.2 Å². The summed E-state index contributed by atoms with van der Waals surface area (Å²) in [4.78, 5) is 2.11. The molecule has 2 aromatic carbocycles. The number of hydrogen-bond acceptors (Lipinski definition) is 6. The molecule has 3 aromatic rings. The minimum Gasteiger partial charge on any atom is -0.493 e. The van der Waals surface area contributed by atoms with Crippen molar-refractivity contribution in [2.45, 2.75) is 19.2 Å². The second-order valence-corrected chi connectivity index (χ2v) is 6.72. The zero-order chi connectivity index (χ0) is 20.5. The van der Waals surface area contributed by atoms with Gasteiger partial charge in [0.2, 0.25) is 0 Å². The van der Waals surface area contributed by atoms with Crippen molar-refractivity contribution in [3.8, 4) is 17.2 Å². The fraction of sp³-hybridized carbons (Fsp3) is 0.304. The minimum absolute atomic E-state index is 0.213. The largest absolute Gasteiger partial charge is 0.493 e. The Morgan fingerprint density at radius 2 is 1.72 bits per heavy atom. The zero-order valence-corrected chi connectivity index (χ0v) is 16.8. The highest BCUT2D eigenvalue weighted by Crippen LogP contribution is 2.28. The van der Waals surface area contributed by atoms with Crippen LogP contribution in [0, 0.1) is 0 Å². The average molecular weight is 397 g/mol. The molecule has 0 fully saturated rings. The fourth-order valence-corrected chi connectivity index (χ4v) is 3.11. The monoisotopic (exact) mass is 397 g/mol.